The maximum absolute atomic E-state index is 13.4. The maximum Gasteiger partial charge on any atom is 0.408 e. The molecule has 3 N–H and O–H groups in total. The molecule has 3 amide bonds. The molecule has 1 aliphatic rings. The van der Waals surface area contributed by atoms with Crippen LogP contribution in [0.15, 0.2) is 42.6 Å². The third kappa shape index (κ3) is 7.83. The number of nitrogens with one attached hydrogen (secondary N) is 3. The number of amides is 3. The van der Waals surface area contributed by atoms with E-state index in [9.17, 15) is 18.8 Å². The molecule has 0 aliphatic heterocycles. The fourth-order valence-corrected chi connectivity index (χ4v) is 3.74. The second-order valence-corrected chi connectivity index (χ2v) is 9.39. The fourth-order valence-electron chi connectivity index (χ4n) is 3.74. The highest BCUT2D eigenvalue weighted by Gasteiger charge is 2.24. The van der Waals surface area contributed by atoms with Crippen molar-refractivity contribution in [1.29, 1.82) is 0 Å². The Morgan fingerprint density at radius 1 is 1.03 bits per heavy atom. The first-order chi connectivity index (χ1) is 16.1. The van der Waals surface area contributed by atoms with Crippen LogP contribution in [-0.4, -0.2) is 47.1 Å². The highest BCUT2D eigenvalue weighted by Crippen LogP contribution is 2.20. The molecule has 0 bridgehead atoms. The van der Waals surface area contributed by atoms with Gasteiger partial charge in [0.15, 0.2) is 0 Å². The molecule has 9 heteroatoms. The lowest BCUT2D eigenvalue weighted by Crippen LogP contribution is -2.46. The van der Waals surface area contributed by atoms with Crippen LogP contribution in [0.3, 0.4) is 0 Å². The Kier molecular flexibility index (Phi) is 8.20. The SMILES string of the molecule is CC(C)(C)OC(=O)NCC(=O)N[C@H]1CC[C@@H](NC(=O)c2ccc(-c3cccc(F)c3)nc2)CC1. The van der Waals surface area contributed by atoms with E-state index in [1.807, 2.05) is 0 Å². The molecule has 8 nitrogen and oxygen atoms in total. The van der Waals surface area contributed by atoms with Crippen molar-refractivity contribution >= 4 is 17.9 Å². The molecule has 0 atom stereocenters. The van der Waals surface area contributed by atoms with Gasteiger partial charge in [0.1, 0.15) is 18.0 Å². The van der Waals surface area contributed by atoms with Crippen LogP contribution < -0.4 is 16.0 Å². The monoisotopic (exact) mass is 470 g/mol. The number of hydrogen-bond acceptors (Lipinski definition) is 5. The fraction of sp³-hybridized carbons (Fsp3) is 0.440. The lowest BCUT2D eigenvalue weighted by atomic mass is 9.91. The zero-order valence-corrected chi connectivity index (χ0v) is 19.7. The molecule has 0 spiro atoms. The van der Waals surface area contributed by atoms with Crippen molar-refractivity contribution in [2.75, 3.05) is 6.54 Å². The third-order valence-electron chi connectivity index (χ3n) is 5.37. The molecule has 3 rings (SSSR count). The molecular weight excluding hydrogens is 439 g/mol. The van der Waals surface area contributed by atoms with E-state index in [1.54, 1.807) is 45.0 Å². The van der Waals surface area contributed by atoms with Gasteiger partial charge in [-0.05, 0) is 70.7 Å². The molecule has 182 valence electrons. The van der Waals surface area contributed by atoms with Crippen molar-refractivity contribution in [1.82, 2.24) is 20.9 Å². The summed E-state index contributed by atoms with van der Waals surface area (Å²) in [6, 6.07) is 9.50. The standard InChI is InChI=1S/C25H31FN4O4/c1-25(2,3)34-24(33)28-15-22(31)29-19-8-10-20(11-9-19)30-23(32)17-7-12-21(27-14-17)16-5-4-6-18(26)13-16/h4-7,12-14,19-20H,8-11,15H2,1-3H3,(H,28,33)(H,29,31)(H,30,32)/t19-,20+. The van der Waals surface area contributed by atoms with Gasteiger partial charge in [0.05, 0.1) is 11.3 Å². The number of ether oxygens (including phenoxy) is 1. The Balaban J connectivity index is 1.40. The van der Waals surface area contributed by atoms with Crippen LogP contribution in [0.5, 0.6) is 0 Å². The first kappa shape index (κ1) is 25.1. The van der Waals surface area contributed by atoms with E-state index in [1.165, 1.54) is 18.3 Å². The molecule has 0 unspecified atom stereocenters. The van der Waals surface area contributed by atoms with E-state index < -0.39 is 11.7 Å². The summed E-state index contributed by atoms with van der Waals surface area (Å²) in [6.07, 6.45) is 3.75. The number of nitrogens with zero attached hydrogens (tertiary/aromatic N) is 1. The van der Waals surface area contributed by atoms with Gasteiger partial charge in [-0.3, -0.25) is 14.6 Å². The quantitative estimate of drug-likeness (QED) is 0.598. The number of carbonyl (C=O) groups is 3. The van der Waals surface area contributed by atoms with E-state index in [-0.39, 0.29) is 36.3 Å². The first-order valence-electron chi connectivity index (χ1n) is 11.4. The minimum Gasteiger partial charge on any atom is -0.444 e. The van der Waals surface area contributed by atoms with Crippen LogP contribution >= 0.6 is 0 Å². The van der Waals surface area contributed by atoms with Gasteiger partial charge in [0.25, 0.3) is 5.91 Å². The Hall–Kier alpha value is -3.49. The highest BCUT2D eigenvalue weighted by molar-refractivity contribution is 5.94. The van der Waals surface area contributed by atoms with Crippen molar-refractivity contribution in [2.45, 2.75) is 64.1 Å². The van der Waals surface area contributed by atoms with Crippen molar-refractivity contribution < 1.29 is 23.5 Å². The van der Waals surface area contributed by atoms with E-state index in [0.717, 1.165) is 25.7 Å². The van der Waals surface area contributed by atoms with Gasteiger partial charge >= 0.3 is 6.09 Å². The molecule has 1 saturated carbocycles. The van der Waals surface area contributed by atoms with Crippen LogP contribution in [0.25, 0.3) is 11.3 Å². The van der Waals surface area contributed by atoms with Crippen molar-refractivity contribution in [3.05, 3.63) is 54.0 Å². The van der Waals surface area contributed by atoms with Gasteiger partial charge < -0.3 is 20.7 Å². The van der Waals surface area contributed by atoms with Gasteiger partial charge in [0.2, 0.25) is 5.91 Å². The summed E-state index contributed by atoms with van der Waals surface area (Å²) < 4.78 is 18.5. The normalized spacial score (nSPS) is 18.0. The number of benzene rings is 1. The topological polar surface area (TPSA) is 109 Å². The minimum atomic E-state index is -0.632. The number of hydrogen-bond donors (Lipinski definition) is 3. The van der Waals surface area contributed by atoms with Crippen LogP contribution in [0.2, 0.25) is 0 Å². The van der Waals surface area contributed by atoms with Gasteiger partial charge in [-0.1, -0.05) is 12.1 Å². The molecule has 1 fully saturated rings. The number of halogens is 1. The molecule has 34 heavy (non-hydrogen) atoms. The van der Waals surface area contributed by atoms with Crippen LogP contribution in [0, 0.1) is 5.82 Å². The van der Waals surface area contributed by atoms with Crippen molar-refractivity contribution in [3.8, 4) is 11.3 Å². The molecule has 1 aliphatic carbocycles. The number of pyridine rings is 1. The van der Waals surface area contributed by atoms with Gasteiger partial charge in [0, 0.05) is 23.8 Å². The summed E-state index contributed by atoms with van der Waals surface area (Å²) in [5.74, 6) is -0.831. The average molecular weight is 471 g/mol. The summed E-state index contributed by atoms with van der Waals surface area (Å²) in [4.78, 5) is 40.6. The largest absolute Gasteiger partial charge is 0.444 e. The van der Waals surface area contributed by atoms with E-state index in [0.29, 0.717) is 16.8 Å². The summed E-state index contributed by atoms with van der Waals surface area (Å²) >= 11 is 0. The lowest BCUT2D eigenvalue weighted by Gasteiger charge is -2.29. The third-order valence-corrected chi connectivity index (χ3v) is 5.37. The van der Waals surface area contributed by atoms with E-state index >= 15 is 0 Å². The zero-order chi connectivity index (χ0) is 24.7. The zero-order valence-electron chi connectivity index (χ0n) is 19.7. The molecule has 1 heterocycles. The smallest absolute Gasteiger partial charge is 0.408 e. The van der Waals surface area contributed by atoms with Crippen molar-refractivity contribution in [2.24, 2.45) is 0 Å². The summed E-state index contributed by atoms with van der Waals surface area (Å²) in [5.41, 5.74) is 1.05. The van der Waals surface area contributed by atoms with Gasteiger partial charge in [-0.15, -0.1) is 0 Å². The molecule has 1 aromatic heterocycles. The molecule has 0 saturated heterocycles. The molecule has 1 aromatic carbocycles. The number of alkyl carbamates (subject to hydrolysis) is 1. The second kappa shape index (κ2) is 11.1. The Morgan fingerprint density at radius 3 is 2.29 bits per heavy atom. The maximum atomic E-state index is 13.4. The average Bonchev–Trinajstić information content (AvgIpc) is 2.78. The minimum absolute atomic E-state index is 0.00318. The van der Waals surface area contributed by atoms with Crippen LogP contribution in [0.1, 0.15) is 56.8 Å². The predicted molar refractivity (Wildman–Crippen MR) is 126 cm³/mol. The van der Waals surface area contributed by atoms with E-state index in [4.69, 9.17) is 4.74 Å². The van der Waals surface area contributed by atoms with Gasteiger partial charge in [-0.2, -0.15) is 0 Å². The number of rotatable bonds is 6. The van der Waals surface area contributed by atoms with Crippen LogP contribution in [0.4, 0.5) is 9.18 Å². The number of aromatic nitrogens is 1. The summed E-state index contributed by atoms with van der Waals surface area (Å²) in [6.45, 7) is 5.11. The molecular formula is C25H31FN4O4. The molecule has 0 radical (unpaired) electrons. The van der Waals surface area contributed by atoms with Crippen LogP contribution in [-0.2, 0) is 9.53 Å². The summed E-state index contributed by atoms with van der Waals surface area (Å²) in [5, 5.41) is 8.37. The number of carbonyl (C=O) groups excluding carboxylic acids is 3. The highest BCUT2D eigenvalue weighted by atomic mass is 19.1. The Bertz CT molecular complexity index is 1010. The van der Waals surface area contributed by atoms with E-state index in [2.05, 4.69) is 20.9 Å². The summed E-state index contributed by atoms with van der Waals surface area (Å²) in [7, 11) is 0. The Morgan fingerprint density at radius 2 is 1.71 bits per heavy atom. The first-order valence-corrected chi connectivity index (χ1v) is 11.4. The molecule has 2 aromatic rings. The Labute approximate surface area is 198 Å². The lowest BCUT2D eigenvalue weighted by molar-refractivity contribution is -0.121. The van der Waals surface area contributed by atoms with Gasteiger partial charge in [-0.25, -0.2) is 9.18 Å². The predicted octanol–water partition coefficient (Wildman–Crippen LogP) is 3.57. The second-order valence-electron chi connectivity index (χ2n) is 9.39. The van der Waals surface area contributed by atoms with Crippen molar-refractivity contribution in [3.63, 3.8) is 0 Å².